The number of ether oxygens (including phenoxy) is 1. The summed E-state index contributed by atoms with van der Waals surface area (Å²) in [6, 6.07) is 27.8. The molecule has 7 nitrogen and oxygen atoms in total. The van der Waals surface area contributed by atoms with Crippen LogP contribution in [0.2, 0.25) is 0 Å². The third kappa shape index (κ3) is 6.17. The van der Waals surface area contributed by atoms with Crippen LogP contribution in [-0.4, -0.2) is 17.1 Å². The zero-order valence-corrected chi connectivity index (χ0v) is 26.5. The second-order valence-corrected chi connectivity index (χ2v) is 12.5. The molecule has 10 heteroatoms. The first-order valence-electron chi connectivity index (χ1n) is 13.5. The maximum Gasteiger partial charge on any atom is 0.271 e. The van der Waals surface area contributed by atoms with Gasteiger partial charge in [-0.1, -0.05) is 71.6 Å². The van der Waals surface area contributed by atoms with Crippen molar-refractivity contribution in [3.05, 3.63) is 138 Å². The molecule has 2 aromatic heterocycles. The summed E-state index contributed by atoms with van der Waals surface area (Å²) in [5, 5.41) is 3.66. The lowest BCUT2D eigenvalue weighted by Gasteiger charge is -2.25. The molecule has 0 radical (unpaired) electrons. The maximum absolute atomic E-state index is 14.0. The van der Waals surface area contributed by atoms with Crippen molar-refractivity contribution >= 4 is 56.7 Å². The van der Waals surface area contributed by atoms with E-state index in [1.807, 2.05) is 97.9 Å². The van der Waals surface area contributed by atoms with Crippen LogP contribution in [0.5, 0.6) is 5.75 Å². The molecule has 216 valence electrons. The second kappa shape index (κ2) is 12.6. The Hall–Kier alpha value is -4.12. The van der Waals surface area contributed by atoms with Gasteiger partial charge in [-0.2, -0.15) is 0 Å². The average molecular weight is 673 g/mol. The fraction of sp³-hybridized carbons (Fsp3) is 0.121. The number of carbonyl (C=O) groups excluding carboxylic acids is 1. The van der Waals surface area contributed by atoms with E-state index < -0.39 is 6.04 Å². The van der Waals surface area contributed by atoms with E-state index in [0.717, 1.165) is 14.9 Å². The summed E-state index contributed by atoms with van der Waals surface area (Å²) in [6.45, 7) is 4.26. The molecule has 1 atom stereocenters. The molecule has 1 amide bonds. The highest BCUT2D eigenvalue weighted by molar-refractivity contribution is 9.10. The lowest BCUT2D eigenvalue weighted by molar-refractivity contribution is -0.113. The number of furan rings is 1. The van der Waals surface area contributed by atoms with Gasteiger partial charge in [0.15, 0.2) is 9.89 Å². The number of allylic oxidation sites excluding steroid dienone is 1. The summed E-state index contributed by atoms with van der Waals surface area (Å²) in [5.41, 5.74) is 2.11. The standard InChI is InChI=1S/C33H26BrN3O4S2/c1-3-40-23-16-14-21(15-17-23)29-28(30(38)36-22-10-6-4-7-11-22)20(2)35-33-37(29)31(39)27(43-33)19-24-18-26(34)32(41-24)42-25-12-8-5-9-13-25/h4-19,29H,3H2,1-2H3,(H,36,38)/b27-19+/t29-/m0/s1. The van der Waals surface area contributed by atoms with Gasteiger partial charge in [-0.3, -0.25) is 14.2 Å². The Morgan fingerprint density at radius 1 is 1.09 bits per heavy atom. The maximum atomic E-state index is 14.0. The predicted octanol–water partition coefficient (Wildman–Crippen LogP) is 6.78. The van der Waals surface area contributed by atoms with Crippen molar-refractivity contribution in [3.63, 3.8) is 0 Å². The van der Waals surface area contributed by atoms with Crippen LogP contribution in [0.1, 0.15) is 31.2 Å². The Morgan fingerprint density at radius 2 is 1.79 bits per heavy atom. The topological polar surface area (TPSA) is 85.8 Å². The first-order chi connectivity index (χ1) is 20.9. The highest BCUT2D eigenvalue weighted by Gasteiger charge is 2.32. The molecule has 1 aliphatic rings. The quantitative estimate of drug-likeness (QED) is 0.197. The first-order valence-corrected chi connectivity index (χ1v) is 16.0. The van der Waals surface area contributed by atoms with Gasteiger partial charge in [0.05, 0.1) is 32.9 Å². The van der Waals surface area contributed by atoms with Crippen LogP contribution in [0.15, 0.2) is 131 Å². The van der Waals surface area contributed by atoms with Crippen molar-refractivity contribution in [3.8, 4) is 5.75 Å². The average Bonchev–Trinajstić information content (AvgIpc) is 3.51. The first kappa shape index (κ1) is 29.0. The molecule has 1 N–H and O–H groups in total. The molecule has 3 heterocycles. The molecule has 0 aliphatic carbocycles. The number of thiazole rings is 1. The number of halogens is 1. The fourth-order valence-corrected chi connectivity index (χ4v) is 7.17. The van der Waals surface area contributed by atoms with Gasteiger partial charge in [-0.15, -0.1) is 0 Å². The van der Waals surface area contributed by atoms with Crippen molar-refractivity contribution in [1.29, 1.82) is 0 Å². The summed E-state index contributed by atoms with van der Waals surface area (Å²) < 4.78 is 14.6. The Kier molecular flexibility index (Phi) is 8.51. The zero-order chi connectivity index (χ0) is 29.9. The van der Waals surface area contributed by atoms with Crippen LogP contribution in [0, 0.1) is 0 Å². The monoisotopic (exact) mass is 671 g/mol. The van der Waals surface area contributed by atoms with E-state index in [2.05, 4.69) is 21.2 Å². The number of fused-ring (bicyclic) bond motifs is 1. The number of benzene rings is 3. The molecular formula is C33H26BrN3O4S2. The van der Waals surface area contributed by atoms with Crippen LogP contribution < -0.4 is 24.9 Å². The number of hydrogen-bond acceptors (Lipinski definition) is 7. The van der Waals surface area contributed by atoms with E-state index in [1.54, 1.807) is 17.6 Å². The smallest absolute Gasteiger partial charge is 0.271 e. The van der Waals surface area contributed by atoms with Gasteiger partial charge in [-0.05, 0) is 77.8 Å². The van der Waals surface area contributed by atoms with E-state index in [-0.39, 0.29) is 11.5 Å². The number of para-hydroxylation sites is 1. The summed E-state index contributed by atoms with van der Waals surface area (Å²) in [4.78, 5) is 34.0. The van der Waals surface area contributed by atoms with Crippen LogP contribution in [0.3, 0.4) is 0 Å². The lowest BCUT2D eigenvalue weighted by Crippen LogP contribution is -2.40. The Bertz CT molecular complexity index is 2000. The minimum absolute atomic E-state index is 0.259. The number of aromatic nitrogens is 1. The molecule has 3 aromatic carbocycles. The van der Waals surface area contributed by atoms with Gasteiger partial charge in [0.1, 0.15) is 11.5 Å². The van der Waals surface area contributed by atoms with Crippen LogP contribution in [-0.2, 0) is 4.79 Å². The van der Waals surface area contributed by atoms with Crippen LogP contribution in [0.25, 0.3) is 6.08 Å². The SMILES string of the molecule is CCOc1ccc([C@H]2C(C(=O)Nc3ccccc3)=C(C)N=c3s/c(=C/c4cc(Br)c(Sc5ccccc5)o4)c(=O)n32)cc1. The number of nitrogens with one attached hydrogen (secondary N) is 1. The third-order valence-corrected chi connectivity index (χ3v) is 9.54. The molecule has 0 unspecified atom stereocenters. The molecule has 0 saturated carbocycles. The Balaban J connectivity index is 1.43. The van der Waals surface area contributed by atoms with Gasteiger partial charge < -0.3 is 14.5 Å². The van der Waals surface area contributed by atoms with Gasteiger partial charge in [0.25, 0.3) is 11.5 Å². The van der Waals surface area contributed by atoms with Crippen molar-refractivity contribution in [1.82, 2.24) is 4.57 Å². The van der Waals surface area contributed by atoms with Gasteiger partial charge in [0, 0.05) is 16.7 Å². The molecular weight excluding hydrogens is 646 g/mol. The zero-order valence-electron chi connectivity index (χ0n) is 23.2. The fourth-order valence-electron chi connectivity index (χ4n) is 4.79. The molecule has 0 bridgehead atoms. The number of nitrogens with zero attached hydrogens (tertiary/aromatic N) is 2. The Morgan fingerprint density at radius 3 is 2.49 bits per heavy atom. The van der Waals surface area contributed by atoms with Crippen molar-refractivity contribution in [2.24, 2.45) is 4.99 Å². The highest BCUT2D eigenvalue weighted by Crippen LogP contribution is 2.36. The van der Waals surface area contributed by atoms with Crippen molar-refractivity contribution < 1.29 is 13.9 Å². The minimum atomic E-state index is -0.690. The molecule has 1 aliphatic heterocycles. The van der Waals surface area contributed by atoms with Crippen molar-refractivity contribution in [2.75, 3.05) is 11.9 Å². The second-order valence-electron chi connectivity index (χ2n) is 9.60. The summed E-state index contributed by atoms with van der Waals surface area (Å²) >= 11 is 6.34. The highest BCUT2D eigenvalue weighted by atomic mass is 79.9. The van der Waals surface area contributed by atoms with E-state index in [4.69, 9.17) is 14.1 Å². The van der Waals surface area contributed by atoms with E-state index in [9.17, 15) is 9.59 Å². The molecule has 0 spiro atoms. The Labute approximate surface area is 264 Å². The van der Waals surface area contributed by atoms with E-state index in [0.29, 0.717) is 49.5 Å². The van der Waals surface area contributed by atoms with Crippen LogP contribution in [0.4, 0.5) is 5.69 Å². The number of carbonyl (C=O) groups is 1. The number of hydrogen-bond donors (Lipinski definition) is 1. The summed E-state index contributed by atoms with van der Waals surface area (Å²) in [6.07, 6.45) is 1.72. The predicted molar refractivity (Wildman–Crippen MR) is 173 cm³/mol. The minimum Gasteiger partial charge on any atom is -0.494 e. The summed E-state index contributed by atoms with van der Waals surface area (Å²) in [7, 11) is 0. The molecule has 0 saturated heterocycles. The summed E-state index contributed by atoms with van der Waals surface area (Å²) in [5.74, 6) is 0.923. The normalized spacial score (nSPS) is 14.8. The molecule has 43 heavy (non-hydrogen) atoms. The molecule has 5 aromatic rings. The van der Waals surface area contributed by atoms with E-state index >= 15 is 0 Å². The third-order valence-electron chi connectivity index (χ3n) is 6.71. The van der Waals surface area contributed by atoms with Gasteiger partial charge in [-0.25, -0.2) is 4.99 Å². The largest absolute Gasteiger partial charge is 0.494 e. The number of rotatable bonds is 8. The van der Waals surface area contributed by atoms with E-state index in [1.165, 1.54) is 23.1 Å². The van der Waals surface area contributed by atoms with Crippen LogP contribution >= 0.6 is 39.0 Å². The van der Waals surface area contributed by atoms with Gasteiger partial charge >= 0.3 is 0 Å². The van der Waals surface area contributed by atoms with Crippen molar-refractivity contribution in [2.45, 2.75) is 29.9 Å². The number of amides is 1. The molecule has 6 rings (SSSR count). The van der Waals surface area contributed by atoms with Gasteiger partial charge in [0.2, 0.25) is 0 Å². The molecule has 0 fully saturated rings. The number of anilines is 1. The lowest BCUT2D eigenvalue weighted by atomic mass is 9.95.